The predicted molar refractivity (Wildman–Crippen MR) is 60.2 cm³/mol. The second-order valence-electron chi connectivity index (χ2n) is 3.84. The maximum absolute atomic E-state index is 12.1. The summed E-state index contributed by atoms with van der Waals surface area (Å²) in [5, 5.41) is 2.25. The monoisotopic (exact) mass is 265 g/mol. The van der Waals surface area contributed by atoms with Crippen LogP contribution in [-0.2, 0) is 4.79 Å². The van der Waals surface area contributed by atoms with Gasteiger partial charge in [0.2, 0.25) is 0 Å². The standard InChI is InChI=1S/C11H11ClF3NO/c1-6(2)8-5-7(12)3-4-9(8)16-10(17)11(13,14)15/h3-6H,1-2H3,(H,16,17). The SMILES string of the molecule is CC(C)c1cc(Cl)ccc1NC(=O)C(F)(F)F. The first kappa shape index (κ1) is 13.8. The van der Waals surface area contributed by atoms with E-state index in [1.807, 2.05) is 5.32 Å². The van der Waals surface area contributed by atoms with Gasteiger partial charge in [0.25, 0.3) is 0 Å². The number of hydrogen-bond acceptors (Lipinski definition) is 1. The lowest BCUT2D eigenvalue weighted by atomic mass is 10.0. The number of amides is 1. The largest absolute Gasteiger partial charge is 0.471 e. The third-order valence-electron chi connectivity index (χ3n) is 2.14. The molecule has 94 valence electrons. The molecule has 0 heterocycles. The average Bonchev–Trinajstić information content (AvgIpc) is 2.18. The molecule has 0 bridgehead atoms. The van der Waals surface area contributed by atoms with Crippen molar-refractivity contribution in [2.24, 2.45) is 0 Å². The number of benzene rings is 1. The van der Waals surface area contributed by atoms with Crippen molar-refractivity contribution in [2.75, 3.05) is 5.32 Å². The highest BCUT2D eigenvalue weighted by Crippen LogP contribution is 2.28. The number of carbonyl (C=O) groups is 1. The predicted octanol–water partition coefficient (Wildman–Crippen LogP) is 3.96. The van der Waals surface area contributed by atoms with Crippen LogP contribution >= 0.6 is 11.6 Å². The molecule has 2 nitrogen and oxygen atoms in total. The summed E-state index contributed by atoms with van der Waals surface area (Å²) in [7, 11) is 0. The maximum atomic E-state index is 12.1. The summed E-state index contributed by atoms with van der Waals surface area (Å²) in [6.45, 7) is 3.60. The Bertz CT molecular complexity index is 429. The second kappa shape index (κ2) is 4.96. The van der Waals surface area contributed by atoms with Crippen LogP contribution in [0.15, 0.2) is 18.2 Å². The smallest absolute Gasteiger partial charge is 0.318 e. The van der Waals surface area contributed by atoms with E-state index < -0.39 is 12.1 Å². The summed E-state index contributed by atoms with van der Waals surface area (Å²) in [5.74, 6) is -2.03. The van der Waals surface area contributed by atoms with Crippen LogP contribution in [0, 0.1) is 0 Å². The topological polar surface area (TPSA) is 29.1 Å². The fraction of sp³-hybridized carbons (Fsp3) is 0.364. The Hall–Kier alpha value is -1.23. The van der Waals surface area contributed by atoms with Crippen LogP contribution in [0.4, 0.5) is 18.9 Å². The zero-order valence-corrected chi connectivity index (χ0v) is 9.99. The van der Waals surface area contributed by atoms with Crippen LogP contribution in [-0.4, -0.2) is 12.1 Å². The molecule has 0 aliphatic carbocycles. The van der Waals surface area contributed by atoms with E-state index in [1.54, 1.807) is 13.8 Å². The van der Waals surface area contributed by atoms with Crippen LogP contribution in [0.1, 0.15) is 25.3 Å². The molecule has 0 aliphatic rings. The highest BCUT2D eigenvalue weighted by molar-refractivity contribution is 6.30. The Labute approximate surface area is 102 Å². The highest BCUT2D eigenvalue weighted by Gasteiger charge is 2.39. The molecule has 0 saturated heterocycles. The van der Waals surface area contributed by atoms with Gasteiger partial charge in [-0.25, -0.2) is 0 Å². The molecule has 1 aromatic carbocycles. The van der Waals surface area contributed by atoms with Gasteiger partial charge in [-0.1, -0.05) is 25.4 Å². The van der Waals surface area contributed by atoms with Crippen molar-refractivity contribution in [3.63, 3.8) is 0 Å². The van der Waals surface area contributed by atoms with Crippen molar-refractivity contribution in [3.05, 3.63) is 28.8 Å². The van der Waals surface area contributed by atoms with Gasteiger partial charge in [-0.2, -0.15) is 13.2 Å². The number of alkyl halides is 3. The maximum Gasteiger partial charge on any atom is 0.471 e. The first-order valence-electron chi connectivity index (χ1n) is 4.89. The summed E-state index contributed by atoms with van der Waals surface area (Å²) < 4.78 is 36.3. The quantitative estimate of drug-likeness (QED) is 0.861. The molecule has 6 heteroatoms. The Balaban J connectivity index is 3.03. The molecule has 0 fully saturated rings. The van der Waals surface area contributed by atoms with Gasteiger partial charge in [-0.3, -0.25) is 4.79 Å². The van der Waals surface area contributed by atoms with Gasteiger partial charge in [-0.15, -0.1) is 0 Å². The van der Waals surface area contributed by atoms with Crippen LogP contribution in [0.3, 0.4) is 0 Å². The van der Waals surface area contributed by atoms with E-state index in [0.29, 0.717) is 10.6 Å². The average molecular weight is 266 g/mol. The van der Waals surface area contributed by atoms with E-state index in [4.69, 9.17) is 11.6 Å². The lowest BCUT2D eigenvalue weighted by molar-refractivity contribution is -0.167. The van der Waals surface area contributed by atoms with Crippen molar-refractivity contribution in [1.29, 1.82) is 0 Å². The van der Waals surface area contributed by atoms with Crippen molar-refractivity contribution in [3.8, 4) is 0 Å². The van der Waals surface area contributed by atoms with Gasteiger partial charge < -0.3 is 5.32 Å². The number of hydrogen-bond donors (Lipinski definition) is 1. The van der Waals surface area contributed by atoms with Crippen LogP contribution < -0.4 is 5.32 Å². The summed E-state index contributed by atoms with van der Waals surface area (Å²) in [4.78, 5) is 10.8. The third-order valence-corrected chi connectivity index (χ3v) is 2.38. The van der Waals surface area contributed by atoms with Gasteiger partial charge >= 0.3 is 12.1 Å². The molecule has 0 radical (unpaired) electrons. The molecule has 17 heavy (non-hydrogen) atoms. The van der Waals surface area contributed by atoms with E-state index in [0.717, 1.165) is 0 Å². The van der Waals surface area contributed by atoms with Crippen molar-refractivity contribution in [1.82, 2.24) is 0 Å². The van der Waals surface area contributed by atoms with Gasteiger partial charge in [-0.05, 0) is 29.7 Å². The zero-order valence-electron chi connectivity index (χ0n) is 9.23. The fourth-order valence-electron chi connectivity index (χ4n) is 1.32. The number of anilines is 1. The zero-order chi connectivity index (χ0) is 13.2. The van der Waals surface area contributed by atoms with Gasteiger partial charge in [0.1, 0.15) is 0 Å². The highest BCUT2D eigenvalue weighted by atomic mass is 35.5. The van der Waals surface area contributed by atoms with E-state index >= 15 is 0 Å². The second-order valence-corrected chi connectivity index (χ2v) is 4.27. The van der Waals surface area contributed by atoms with E-state index in [2.05, 4.69) is 0 Å². The molecule has 1 amide bonds. The molecule has 1 N–H and O–H groups in total. The molecule has 1 rings (SSSR count). The van der Waals surface area contributed by atoms with Gasteiger partial charge in [0.05, 0.1) is 0 Å². The summed E-state index contributed by atoms with van der Waals surface area (Å²) >= 11 is 5.75. The minimum atomic E-state index is -4.89. The molecule has 0 aliphatic heterocycles. The fourth-order valence-corrected chi connectivity index (χ4v) is 1.50. The third kappa shape index (κ3) is 3.63. The molecule has 0 unspecified atom stereocenters. The Morgan fingerprint density at radius 1 is 1.35 bits per heavy atom. The molecule has 0 saturated carbocycles. The van der Waals surface area contributed by atoms with Crippen LogP contribution in [0.5, 0.6) is 0 Å². The lowest BCUT2D eigenvalue weighted by Gasteiger charge is -2.15. The molecule has 1 aromatic rings. The number of halogens is 4. The van der Waals surface area contributed by atoms with Crippen molar-refractivity contribution >= 4 is 23.2 Å². The molecular formula is C11H11ClF3NO. The minimum Gasteiger partial charge on any atom is -0.318 e. The summed E-state index contributed by atoms with van der Waals surface area (Å²) in [5.41, 5.74) is 0.696. The summed E-state index contributed by atoms with van der Waals surface area (Å²) in [6, 6.07) is 4.33. The first-order valence-corrected chi connectivity index (χ1v) is 5.27. The number of rotatable bonds is 2. The van der Waals surface area contributed by atoms with Gasteiger partial charge in [0.15, 0.2) is 0 Å². The van der Waals surface area contributed by atoms with Gasteiger partial charge in [0, 0.05) is 10.7 Å². The van der Waals surface area contributed by atoms with Crippen molar-refractivity contribution in [2.45, 2.75) is 25.9 Å². The van der Waals surface area contributed by atoms with E-state index in [1.165, 1.54) is 18.2 Å². The first-order chi connectivity index (χ1) is 7.71. The van der Waals surface area contributed by atoms with Crippen molar-refractivity contribution < 1.29 is 18.0 Å². The number of carbonyl (C=O) groups excluding carboxylic acids is 1. The van der Waals surface area contributed by atoms with E-state index in [-0.39, 0.29) is 11.6 Å². The summed E-state index contributed by atoms with van der Waals surface area (Å²) in [6.07, 6.45) is -4.89. The Morgan fingerprint density at radius 3 is 2.41 bits per heavy atom. The minimum absolute atomic E-state index is 0.0442. The lowest BCUT2D eigenvalue weighted by Crippen LogP contribution is -2.30. The van der Waals surface area contributed by atoms with Crippen LogP contribution in [0.2, 0.25) is 5.02 Å². The van der Waals surface area contributed by atoms with E-state index in [9.17, 15) is 18.0 Å². The molecule has 0 atom stereocenters. The normalized spacial score (nSPS) is 11.7. The van der Waals surface area contributed by atoms with Crippen LogP contribution in [0.25, 0.3) is 0 Å². The number of nitrogens with one attached hydrogen (secondary N) is 1. The molecular weight excluding hydrogens is 255 g/mol. The molecule has 0 spiro atoms. The molecule has 0 aromatic heterocycles. The Morgan fingerprint density at radius 2 is 1.94 bits per heavy atom. The Kier molecular flexibility index (Phi) is 4.03.